The number of aliphatic hydroxyl groups excluding tert-OH is 1. The highest BCUT2D eigenvalue weighted by Gasteiger charge is 2.27. The van der Waals surface area contributed by atoms with Gasteiger partial charge in [0.1, 0.15) is 5.58 Å². The van der Waals surface area contributed by atoms with E-state index in [9.17, 15) is 9.90 Å². The zero-order chi connectivity index (χ0) is 15.0. The van der Waals surface area contributed by atoms with Gasteiger partial charge in [-0.25, -0.2) is 0 Å². The topological polar surface area (TPSA) is 53.7 Å². The van der Waals surface area contributed by atoms with Crippen LogP contribution in [-0.2, 0) is 11.2 Å². The van der Waals surface area contributed by atoms with E-state index in [4.69, 9.17) is 4.42 Å². The fraction of sp³-hybridized carbons (Fsp3) is 0.471. The fourth-order valence-electron chi connectivity index (χ4n) is 2.88. The van der Waals surface area contributed by atoms with Crippen LogP contribution in [0.25, 0.3) is 11.0 Å². The molecule has 0 spiro atoms. The van der Waals surface area contributed by atoms with Crippen molar-refractivity contribution >= 4 is 16.9 Å². The lowest BCUT2D eigenvalue weighted by Crippen LogP contribution is -2.46. The number of aliphatic hydroxyl groups is 1. The molecular weight excluding hydrogens is 266 g/mol. The minimum Gasteiger partial charge on any atom is -0.464 e. The van der Waals surface area contributed by atoms with Crippen LogP contribution in [0.4, 0.5) is 0 Å². The summed E-state index contributed by atoms with van der Waals surface area (Å²) in [6, 6.07) is 6.01. The maximum atomic E-state index is 12.4. The van der Waals surface area contributed by atoms with Gasteiger partial charge in [0.05, 0.1) is 18.8 Å². The zero-order valence-electron chi connectivity index (χ0n) is 12.5. The highest BCUT2D eigenvalue weighted by molar-refractivity contribution is 5.88. The first kappa shape index (κ1) is 14.1. The molecule has 1 aromatic carbocycles. The lowest BCUT2D eigenvalue weighted by molar-refractivity contribution is -0.134. The molecule has 1 aromatic heterocycles. The first-order valence-electron chi connectivity index (χ1n) is 7.47. The number of hydrogen-bond donors (Lipinski definition) is 1. The van der Waals surface area contributed by atoms with Gasteiger partial charge in [-0.3, -0.25) is 4.79 Å². The Morgan fingerprint density at radius 2 is 2.29 bits per heavy atom. The molecule has 0 bridgehead atoms. The van der Waals surface area contributed by atoms with Gasteiger partial charge in [-0.2, -0.15) is 0 Å². The van der Waals surface area contributed by atoms with Gasteiger partial charge in [-0.1, -0.05) is 19.1 Å². The van der Waals surface area contributed by atoms with Gasteiger partial charge in [-0.15, -0.1) is 0 Å². The molecule has 1 aliphatic rings. The summed E-state index contributed by atoms with van der Waals surface area (Å²) in [5, 5.41) is 10.9. The van der Waals surface area contributed by atoms with Gasteiger partial charge in [0.15, 0.2) is 0 Å². The van der Waals surface area contributed by atoms with Crippen molar-refractivity contribution in [2.24, 2.45) is 5.92 Å². The molecule has 1 aliphatic heterocycles. The second-order valence-electron chi connectivity index (χ2n) is 6.11. The van der Waals surface area contributed by atoms with Crippen LogP contribution in [0.3, 0.4) is 0 Å². The van der Waals surface area contributed by atoms with E-state index >= 15 is 0 Å². The van der Waals surface area contributed by atoms with E-state index < -0.39 is 6.10 Å². The third-order valence-electron chi connectivity index (χ3n) is 4.42. The largest absolute Gasteiger partial charge is 0.464 e. The summed E-state index contributed by atoms with van der Waals surface area (Å²) >= 11 is 0. The zero-order valence-corrected chi connectivity index (χ0v) is 12.5. The smallest absolute Gasteiger partial charge is 0.227 e. The first-order valence-corrected chi connectivity index (χ1v) is 7.47. The van der Waals surface area contributed by atoms with Gasteiger partial charge < -0.3 is 14.4 Å². The molecule has 112 valence electrons. The van der Waals surface area contributed by atoms with Crippen LogP contribution in [0.1, 0.15) is 24.5 Å². The second-order valence-corrected chi connectivity index (χ2v) is 6.11. The predicted octanol–water partition coefficient (Wildman–Crippen LogP) is 2.51. The van der Waals surface area contributed by atoms with Crippen LogP contribution in [-0.4, -0.2) is 35.1 Å². The number of fused-ring (bicyclic) bond motifs is 1. The van der Waals surface area contributed by atoms with Crippen LogP contribution in [0.5, 0.6) is 0 Å². The van der Waals surface area contributed by atoms with Crippen LogP contribution < -0.4 is 0 Å². The highest BCUT2D eigenvalue weighted by atomic mass is 16.3. The molecule has 0 saturated carbocycles. The number of benzene rings is 1. The van der Waals surface area contributed by atoms with Gasteiger partial charge >= 0.3 is 0 Å². The molecule has 1 N–H and O–H groups in total. The third-order valence-corrected chi connectivity index (χ3v) is 4.42. The number of aryl methyl sites for hydroxylation is 1. The fourth-order valence-corrected chi connectivity index (χ4v) is 2.88. The van der Waals surface area contributed by atoms with E-state index in [2.05, 4.69) is 0 Å². The molecule has 0 aliphatic carbocycles. The number of furan rings is 1. The molecular formula is C17H21NO3. The summed E-state index contributed by atoms with van der Waals surface area (Å²) in [4.78, 5) is 14.2. The van der Waals surface area contributed by atoms with E-state index in [1.807, 2.05) is 32.0 Å². The van der Waals surface area contributed by atoms with Gasteiger partial charge in [0.2, 0.25) is 5.91 Å². The van der Waals surface area contributed by atoms with E-state index in [1.54, 1.807) is 11.2 Å². The molecule has 2 heterocycles. The Kier molecular flexibility index (Phi) is 3.72. The number of amides is 1. The summed E-state index contributed by atoms with van der Waals surface area (Å²) in [6.45, 7) is 5.21. The Labute approximate surface area is 124 Å². The van der Waals surface area contributed by atoms with Crippen molar-refractivity contribution in [2.75, 3.05) is 13.1 Å². The molecule has 2 aromatic rings. The van der Waals surface area contributed by atoms with Gasteiger partial charge in [-0.05, 0) is 30.9 Å². The second kappa shape index (κ2) is 5.53. The first-order chi connectivity index (χ1) is 10.0. The monoisotopic (exact) mass is 287 g/mol. The number of rotatable bonds is 2. The van der Waals surface area contributed by atoms with Crippen LogP contribution in [0, 0.1) is 12.8 Å². The molecule has 4 heteroatoms. The number of nitrogens with zero attached hydrogens (tertiary/aromatic N) is 1. The SMILES string of the molecule is Cc1ccc2c(CC(=O)N3CCC(C)C(O)C3)coc2c1. The Bertz CT molecular complexity index is 661. The van der Waals surface area contributed by atoms with Gasteiger partial charge in [0, 0.05) is 24.0 Å². The summed E-state index contributed by atoms with van der Waals surface area (Å²) in [5.41, 5.74) is 2.89. The van der Waals surface area contributed by atoms with Crippen LogP contribution in [0.2, 0.25) is 0 Å². The van der Waals surface area contributed by atoms with Crippen molar-refractivity contribution < 1.29 is 14.3 Å². The lowest BCUT2D eigenvalue weighted by atomic mass is 9.95. The molecule has 1 saturated heterocycles. The van der Waals surface area contributed by atoms with Crippen molar-refractivity contribution in [3.05, 3.63) is 35.6 Å². The standard InChI is InChI=1S/C17H21NO3/c1-11-3-4-14-13(10-21-16(14)7-11)8-17(20)18-6-5-12(2)15(19)9-18/h3-4,7,10,12,15,19H,5-6,8-9H2,1-2H3. The molecule has 3 rings (SSSR count). The van der Waals surface area contributed by atoms with Crippen molar-refractivity contribution in [2.45, 2.75) is 32.8 Å². The van der Waals surface area contributed by atoms with Gasteiger partial charge in [0.25, 0.3) is 0 Å². The summed E-state index contributed by atoms with van der Waals surface area (Å²) in [5.74, 6) is 0.330. The average molecular weight is 287 g/mol. The third kappa shape index (κ3) is 2.81. The van der Waals surface area contributed by atoms with Crippen molar-refractivity contribution in [1.29, 1.82) is 0 Å². The van der Waals surface area contributed by atoms with E-state index in [0.29, 0.717) is 13.0 Å². The molecule has 2 unspecified atom stereocenters. The quantitative estimate of drug-likeness (QED) is 0.923. The van der Waals surface area contributed by atoms with Crippen molar-refractivity contribution in [3.63, 3.8) is 0 Å². The Morgan fingerprint density at radius 3 is 3.05 bits per heavy atom. The highest BCUT2D eigenvalue weighted by Crippen LogP contribution is 2.24. The van der Waals surface area contributed by atoms with Crippen LogP contribution in [0.15, 0.2) is 28.9 Å². The molecule has 21 heavy (non-hydrogen) atoms. The number of carbonyl (C=O) groups is 1. The Morgan fingerprint density at radius 1 is 1.48 bits per heavy atom. The van der Waals surface area contributed by atoms with Crippen molar-refractivity contribution in [1.82, 2.24) is 4.90 Å². The predicted molar refractivity (Wildman–Crippen MR) is 81.0 cm³/mol. The van der Waals surface area contributed by atoms with Crippen LogP contribution >= 0.6 is 0 Å². The lowest BCUT2D eigenvalue weighted by Gasteiger charge is -2.34. The molecule has 1 fully saturated rings. The van der Waals surface area contributed by atoms with E-state index in [1.165, 1.54) is 0 Å². The maximum absolute atomic E-state index is 12.4. The number of piperidine rings is 1. The number of hydrogen-bond acceptors (Lipinski definition) is 3. The van der Waals surface area contributed by atoms with E-state index in [0.717, 1.165) is 35.1 Å². The molecule has 0 radical (unpaired) electrons. The van der Waals surface area contributed by atoms with Crippen molar-refractivity contribution in [3.8, 4) is 0 Å². The van der Waals surface area contributed by atoms with E-state index in [-0.39, 0.29) is 11.8 Å². The molecule has 4 nitrogen and oxygen atoms in total. The minimum absolute atomic E-state index is 0.0595. The summed E-state index contributed by atoms with van der Waals surface area (Å²) in [6.07, 6.45) is 2.45. The average Bonchev–Trinajstić information content (AvgIpc) is 2.84. The Balaban J connectivity index is 1.74. The molecule has 1 amide bonds. The number of likely N-dealkylation sites (tertiary alicyclic amines) is 1. The summed E-state index contributed by atoms with van der Waals surface area (Å²) in [7, 11) is 0. The minimum atomic E-state index is -0.411. The normalized spacial score (nSPS) is 22.7. The Hall–Kier alpha value is -1.81. The molecule has 2 atom stereocenters. The number of β-amino-alcohol motifs (C(OH)–C–C–N with tert-alkyl or cyclic N) is 1. The summed E-state index contributed by atoms with van der Waals surface area (Å²) < 4.78 is 5.54. The number of carbonyl (C=O) groups excluding carboxylic acids is 1. The maximum Gasteiger partial charge on any atom is 0.227 e.